The lowest BCUT2D eigenvalue weighted by atomic mass is 10.2. The van der Waals surface area contributed by atoms with E-state index in [1.165, 1.54) is 0 Å². The third kappa shape index (κ3) is 4.93. The molecule has 0 aliphatic heterocycles. The first-order valence-corrected chi connectivity index (χ1v) is 7.06. The summed E-state index contributed by atoms with van der Waals surface area (Å²) in [6.07, 6.45) is 0. The van der Waals surface area contributed by atoms with Gasteiger partial charge in [0.1, 0.15) is 12.4 Å². The van der Waals surface area contributed by atoms with Crippen LogP contribution in [0.2, 0.25) is 0 Å². The molecule has 21 heavy (non-hydrogen) atoms. The SMILES string of the molecule is CCNCC(=O)Nc1ccccc1OCc1ccccc1. The van der Waals surface area contributed by atoms with Crippen molar-refractivity contribution in [2.45, 2.75) is 13.5 Å². The predicted octanol–water partition coefficient (Wildman–Crippen LogP) is 2.81. The van der Waals surface area contributed by atoms with Crippen LogP contribution >= 0.6 is 0 Å². The van der Waals surface area contributed by atoms with E-state index in [9.17, 15) is 4.79 Å². The minimum Gasteiger partial charge on any atom is -0.487 e. The van der Waals surface area contributed by atoms with Crippen LogP contribution in [0, 0.1) is 0 Å². The maximum absolute atomic E-state index is 11.8. The third-order valence-electron chi connectivity index (χ3n) is 2.93. The van der Waals surface area contributed by atoms with Crippen molar-refractivity contribution in [1.29, 1.82) is 0 Å². The summed E-state index contributed by atoms with van der Waals surface area (Å²) in [5.74, 6) is 0.596. The lowest BCUT2D eigenvalue weighted by Crippen LogP contribution is -2.27. The summed E-state index contributed by atoms with van der Waals surface area (Å²) >= 11 is 0. The van der Waals surface area contributed by atoms with Gasteiger partial charge in [-0.2, -0.15) is 0 Å². The molecule has 0 heterocycles. The fourth-order valence-electron chi connectivity index (χ4n) is 1.86. The lowest BCUT2D eigenvalue weighted by molar-refractivity contribution is -0.115. The van der Waals surface area contributed by atoms with Gasteiger partial charge in [-0.3, -0.25) is 4.79 Å². The number of rotatable bonds is 7. The van der Waals surface area contributed by atoms with Gasteiger partial charge >= 0.3 is 0 Å². The Morgan fingerprint density at radius 1 is 1.05 bits per heavy atom. The summed E-state index contributed by atoms with van der Waals surface area (Å²) in [6.45, 7) is 3.49. The van der Waals surface area contributed by atoms with Crippen molar-refractivity contribution in [2.24, 2.45) is 0 Å². The molecule has 0 unspecified atom stereocenters. The van der Waals surface area contributed by atoms with E-state index < -0.39 is 0 Å². The summed E-state index contributed by atoms with van der Waals surface area (Å²) in [5.41, 5.74) is 1.78. The number of amides is 1. The number of para-hydroxylation sites is 2. The Bertz CT molecular complexity index is 570. The molecule has 2 rings (SSSR count). The molecule has 110 valence electrons. The van der Waals surface area contributed by atoms with Crippen molar-refractivity contribution in [1.82, 2.24) is 5.32 Å². The van der Waals surface area contributed by atoms with Crippen LogP contribution in [0.5, 0.6) is 5.75 Å². The second-order valence-corrected chi connectivity index (χ2v) is 4.60. The number of carbonyl (C=O) groups is 1. The molecule has 4 nitrogen and oxygen atoms in total. The number of anilines is 1. The second kappa shape index (κ2) is 8.07. The van der Waals surface area contributed by atoms with E-state index in [2.05, 4.69) is 10.6 Å². The van der Waals surface area contributed by atoms with Gasteiger partial charge in [0, 0.05) is 0 Å². The van der Waals surface area contributed by atoms with Crippen LogP contribution in [0.25, 0.3) is 0 Å². The van der Waals surface area contributed by atoms with Gasteiger partial charge < -0.3 is 15.4 Å². The number of hydrogen-bond acceptors (Lipinski definition) is 3. The van der Waals surface area contributed by atoms with Crippen LogP contribution in [-0.4, -0.2) is 19.0 Å². The molecule has 2 aromatic carbocycles. The molecule has 0 radical (unpaired) electrons. The van der Waals surface area contributed by atoms with E-state index in [0.29, 0.717) is 24.6 Å². The highest BCUT2D eigenvalue weighted by atomic mass is 16.5. The van der Waals surface area contributed by atoms with E-state index in [0.717, 1.165) is 12.1 Å². The highest BCUT2D eigenvalue weighted by Crippen LogP contribution is 2.24. The van der Waals surface area contributed by atoms with E-state index in [-0.39, 0.29) is 5.91 Å². The van der Waals surface area contributed by atoms with Crippen molar-refractivity contribution >= 4 is 11.6 Å². The van der Waals surface area contributed by atoms with E-state index in [4.69, 9.17) is 4.74 Å². The minimum atomic E-state index is -0.0763. The molecule has 4 heteroatoms. The third-order valence-corrected chi connectivity index (χ3v) is 2.93. The van der Waals surface area contributed by atoms with Gasteiger partial charge in [-0.25, -0.2) is 0 Å². The monoisotopic (exact) mass is 284 g/mol. The van der Waals surface area contributed by atoms with Crippen LogP contribution in [0.3, 0.4) is 0 Å². The maximum atomic E-state index is 11.8. The van der Waals surface area contributed by atoms with Crippen molar-refractivity contribution in [2.75, 3.05) is 18.4 Å². The standard InChI is InChI=1S/C17H20N2O2/c1-2-18-12-17(20)19-15-10-6-7-11-16(15)21-13-14-8-4-3-5-9-14/h3-11,18H,2,12-13H2,1H3,(H,19,20). The van der Waals surface area contributed by atoms with Crippen molar-refractivity contribution in [3.63, 3.8) is 0 Å². The molecule has 0 spiro atoms. The van der Waals surface area contributed by atoms with Gasteiger partial charge in [-0.1, -0.05) is 49.4 Å². The number of nitrogens with one attached hydrogen (secondary N) is 2. The molecule has 0 saturated carbocycles. The van der Waals surface area contributed by atoms with E-state index in [1.807, 2.05) is 61.5 Å². The summed E-state index contributed by atoms with van der Waals surface area (Å²) in [6, 6.07) is 17.4. The molecule has 0 bridgehead atoms. The molecular weight excluding hydrogens is 264 g/mol. The first kappa shape index (κ1) is 15.1. The van der Waals surface area contributed by atoms with Crippen LogP contribution in [0.15, 0.2) is 54.6 Å². The Hall–Kier alpha value is -2.33. The minimum absolute atomic E-state index is 0.0763. The summed E-state index contributed by atoms with van der Waals surface area (Å²) < 4.78 is 5.79. The topological polar surface area (TPSA) is 50.4 Å². The number of likely N-dealkylation sites (N-methyl/N-ethyl adjacent to an activating group) is 1. The Kier molecular flexibility index (Phi) is 5.79. The lowest BCUT2D eigenvalue weighted by Gasteiger charge is -2.12. The number of ether oxygens (including phenoxy) is 1. The molecular formula is C17H20N2O2. The molecule has 0 saturated heterocycles. The van der Waals surface area contributed by atoms with Gasteiger partial charge in [0.25, 0.3) is 0 Å². The zero-order valence-corrected chi connectivity index (χ0v) is 12.1. The van der Waals surface area contributed by atoms with E-state index in [1.54, 1.807) is 0 Å². The average Bonchev–Trinajstić information content (AvgIpc) is 2.53. The van der Waals surface area contributed by atoms with Gasteiger partial charge in [-0.15, -0.1) is 0 Å². The molecule has 0 fully saturated rings. The summed E-state index contributed by atoms with van der Waals surface area (Å²) in [4.78, 5) is 11.8. The quantitative estimate of drug-likeness (QED) is 0.822. The summed E-state index contributed by atoms with van der Waals surface area (Å²) in [7, 11) is 0. The Labute approximate surface area is 125 Å². The summed E-state index contributed by atoms with van der Waals surface area (Å²) in [5, 5.41) is 5.85. The fraction of sp³-hybridized carbons (Fsp3) is 0.235. The highest BCUT2D eigenvalue weighted by Gasteiger charge is 2.07. The van der Waals surface area contributed by atoms with Gasteiger partial charge in [0.2, 0.25) is 5.91 Å². The van der Waals surface area contributed by atoms with Crippen LogP contribution in [0.4, 0.5) is 5.69 Å². The first-order chi connectivity index (χ1) is 10.3. The first-order valence-electron chi connectivity index (χ1n) is 7.06. The Balaban J connectivity index is 1.98. The van der Waals surface area contributed by atoms with Gasteiger partial charge in [0.05, 0.1) is 12.2 Å². The second-order valence-electron chi connectivity index (χ2n) is 4.60. The van der Waals surface area contributed by atoms with Crippen molar-refractivity contribution < 1.29 is 9.53 Å². The van der Waals surface area contributed by atoms with Crippen LogP contribution in [0.1, 0.15) is 12.5 Å². The fourth-order valence-corrected chi connectivity index (χ4v) is 1.86. The largest absolute Gasteiger partial charge is 0.487 e. The predicted molar refractivity (Wildman–Crippen MR) is 84.4 cm³/mol. The zero-order valence-electron chi connectivity index (χ0n) is 12.1. The average molecular weight is 284 g/mol. The maximum Gasteiger partial charge on any atom is 0.238 e. The van der Waals surface area contributed by atoms with Crippen molar-refractivity contribution in [3.05, 3.63) is 60.2 Å². The highest BCUT2D eigenvalue weighted by molar-refractivity contribution is 5.93. The number of carbonyl (C=O) groups excluding carboxylic acids is 1. The number of hydrogen-bond donors (Lipinski definition) is 2. The molecule has 0 aromatic heterocycles. The normalized spacial score (nSPS) is 10.1. The van der Waals surface area contributed by atoms with Crippen molar-refractivity contribution in [3.8, 4) is 5.75 Å². The molecule has 1 amide bonds. The van der Waals surface area contributed by atoms with Crippen LogP contribution < -0.4 is 15.4 Å². The number of benzene rings is 2. The molecule has 0 aliphatic carbocycles. The smallest absolute Gasteiger partial charge is 0.238 e. The van der Waals surface area contributed by atoms with Gasteiger partial charge in [-0.05, 0) is 24.2 Å². The molecule has 2 aromatic rings. The van der Waals surface area contributed by atoms with Crippen LogP contribution in [-0.2, 0) is 11.4 Å². The molecule has 0 atom stereocenters. The zero-order chi connectivity index (χ0) is 14.9. The van der Waals surface area contributed by atoms with Gasteiger partial charge in [0.15, 0.2) is 0 Å². The molecule has 2 N–H and O–H groups in total. The molecule has 0 aliphatic rings. The Morgan fingerprint density at radius 3 is 2.52 bits per heavy atom. The Morgan fingerprint density at radius 2 is 1.76 bits per heavy atom. The van der Waals surface area contributed by atoms with E-state index >= 15 is 0 Å².